The van der Waals surface area contributed by atoms with Crippen molar-refractivity contribution in [1.29, 1.82) is 0 Å². The van der Waals surface area contributed by atoms with Gasteiger partial charge in [-0.1, -0.05) is 24.3 Å². The number of methoxy groups -OCH3 is 1. The molecule has 6 nitrogen and oxygen atoms in total. The van der Waals surface area contributed by atoms with E-state index in [1.54, 1.807) is 25.6 Å². The van der Waals surface area contributed by atoms with Gasteiger partial charge in [0, 0.05) is 30.0 Å². The minimum atomic E-state index is -0.162. The van der Waals surface area contributed by atoms with Crippen molar-refractivity contribution < 1.29 is 9.53 Å². The Hall–Kier alpha value is -3.93. The second-order valence-electron chi connectivity index (χ2n) is 6.47. The highest BCUT2D eigenvalue weighted by atomic mass is 16.5. The van der Waals surface area contributed by atoms with E-state index in [4.69, 9.17) is 4.74 Å². The Morgan fingerprint density at radius 2 is 1.86 bits per heavy atom. The Labute approximate surface area is 168 Å². The number of hydrogen-bond donors (Lipinski definition) is 2. The van der Waals surface area contributed by atoms with Crippen LogP contribution in [0.25, 0.3) is 10.9 Å². The number of hydrogen-bond acceptors (Lipinski definition) is 5. The van der Waals surface area contributed by atoms with Crippen molar-refractivity contribution in [3.8, 4) is 5.75 Å². The molecule has 2 aromatic carbocycles. The molecule has 6 heteroatoms. The lowest BCUT2D eigenvalue weighted by Crippen LogP contribution is -2.23. The van der Waals surface area contributed by atoms with Crippen LogP contribution in [0.3, 0.4) is 0 Å². The molecule has 0 aliphatic rings. The largest absolute Gasteiger partial charge is 0.497 e. The highest BCUT2D eigenvalue weighted by Crippen LogP contribution is 2.24. The van der Waals surface area contributed by atoms with E-state index < -0.39 is 0 Å². The van der Waals surface area contributed by atoms with Gasteiger partial charge in [-0.05, 0) is 48.0 Å². The third kappa shape index (κ3) is 4.32. The first-order valence-corrected chi connectivity index (χ1v) is 9.21. The molecule has 0 fully saturated rings. The number of anilines is 2. The first kappa shape index (κ1) is 18.4. The second-order valence-corrected chi connectivity index (χ2v) is 6.47. The van der Waals surface area contributed by atoms with Gasteiger partial charge < -0.3 is 15.4 Å². The van der Waals surface area contributed by atoms with Gasteiger partial charge in [-0.2, -0.15) is 0 Å². The van der Waals surface area contributed by atoms with Crippen molar-refractivity contribution in [3.05, 3.63) is 90.3 Å². The molecule has 2 N–H and O–H groups in total. The summed E-state index contributed by atoms with van der Waals surface area (Å²) in [6.07, 6.45) is 3.44. The summed E-state index contributed by atoms with van der Waals surface area (Å²) in [6.45, 7) is 0.407. The van der Waals surface area contributed by atoms with E-state index in [9.17, 15) is 4.79 Å². The number of amides is 1. The van der Waals surface area contributed by atoms with Crippen LogP contribution in [0.4, 0.5) is 11.5 Å². The molecule has 0 bridgehead atoms. The Bertz CT molecular complexity index is 1130. The van der Waals surface area contributed by atoms with Gasteiger partial charge in [0.15, 0.2) is 0 Å². The van der Waals surface area contributed by atoms with Gasteiger partial charge in [0.2, 0.25) is 0 Å². The van der Waals surface area contributed by atoms with Crippen LogP contribution in [0.15, 0.2) is 79.1 Å². The van der Waals surface area contributed by atoms with E-state index in [-0.39, 0.29) is 5.91 Å². The van der Waals surface area contributed by atoms with Crippen LogP contribution in [-0.2, 0) is 6.54 Å². The minimum Gasteiger partial charge on any atom is -0.497 e. The van der Waals surface area contributed by atoms with Crippen LogP contribution < -0.4 is 15.4 Å². The van der Waals surface area contributed by atoms with Crippen LogP contribution in [-0.4, -0.2) is 23.0 Å². The van der Waals surface area contributed by atoms with Crippen molar-refractivity contribution in [2.75, 3.05) is 12.4 Å². The normalized spacial score (nSPS) is 10.5. The maximum Gasteiger partial charge on any atom is 0.252 e. The summed E-state index contributed by atoms with van der Waals surface area (Å²) in [4.78, 5) is 21.6. The second kappa shape index (κ2) is 8.39. The fourth-order valence-electron chi connectivity index (χ4n) is 3.03. The van der Waals surface area contributed by atoms with Crippen molar-refractivity contribution in [3.63, 3.8) is 0 Å². The third-order valence-electron chi connectivity index (χ3n) is 4.50. The number of fused-ring (bicyclic) bond motifs is 1. The number of carbonyl (C=O) groups is 1. The molecule has 0 aliphatic heterocycles. The number of nitrogens with one attached hydrogen (secondary N) is 2. The summed E-state index contributed by atoms with van der Waals surface area (Å²) in [7, 11) is 1.63. The fraction of sp³-hybridized carbons (Fsp3) is 0.0870. The smallest absolute Gasteiger partial charge is 0.252 e. The monoisotopic (exact) mass is 384 g/mol. The molecular weight excluding hydrogens is 364 g/mol. The molecular formula is C23H20N4O2. The quantitative estimate of drug-likeness (QED) is 0.518. The highest BCUT2D eigenvalue weighted by molar-refractivity contribution is 6.07. The number of rotatable bonds is 6. The summed E-state index contributed by atoms with van der Waals surface area (Å²) in [5.74, 6) is 1.21. The van der Waals surface area contributed by atoms with Crippen molar-refractivity contribution in [1.82, 2.24) is 15.3 Å². The molecule has 144 valence electrons. The Morgan fingerprint density at radius 1 is 1.03 bits per heavy atom. The summed E-state index contributed by atoms with van der Waals surface area (Å²) in [6, 6.07) is 20.7. The number of ether oxygens (including phenoxy) is 1. The highest BCUT2D eigenvalue weighted by Gasteiger charge is 2.13. The predicted octanol–water partition coefficient (Wildman–Crippen LogP) is 4.31. The van der Waals surface area contributed by atoms with Gasteiger partial charge in [0.25, 0.3) is 5.91 Å². The molecule has 0 saturated carbocycles. The van der Waals surface area contributed by atoms with E-state index in [1.807, 2.05) is 60.7 Å². The van der Waals surface area contributed by atoms with Gasteiger partial charge >= 0.3 is 0 Å². The average Bonchev–Trinajstić information content (AvgIpc) is 2.78. The van der Waals surface area contributed by atoms with Crippen molar-refractivity contribution in [2.24, 2.45) is 0 Å². The summed E-state index contributed by atoms with van der Waals surface area (Å²) < 4.78 is 5.19. The van der Waals surface area contributed by atoms with Crippen LogP contribution in [0.2, 0.25) is 0 Å². The topological polar surface area (TPSA) is 76.1 Å². The molecule has 29 heavy (non-hydrogen) atoms. The summed E-state index contributed by atoms with van der Waals surface area (Å²) >= 11 is 0. The van der Waals surface area contributed by atoms with Gasteiger partial charge in [0.05, 0.1) is 18.2 Å². The van der Waals surface area contributed by atoms with Gasteiger partial charge in [-0.3, -0.25) is 9.78 Å². The van der Waals surface area contributed by atoms with E-state index >= 15 is 0 Å². The molecule has 0 unspecified atom stereocenters. The van der Waals surface area contributed by atoms with Crippen LogP contribution >= 0.6 is 0 Å². The Kier molecular flexibility index (Phi) is 5.33. The number of aromatic nitrogens is 2. The molecule has 4 aromatic rings. The predicted molar refractivity (Wildman–Crippen MR) is 113 cm³/mol. The van der Waals surface area contributed by atoms with Gasteiger partial charge in [0.1, 0.15) is 11.6 Å². The Balaban J connectivity index is 1.62. The number of para-hydroxylation sites is 1. The fourth-order valence-corrected chi connectivity index (χ4v) is 3.03. The molecule has 0 aliphatic carbocycles. The zero-order valence-corrected chi connectivity index (χ0v) is 15.9. The maximum atomic E-state index is 12.9. The summed E-state index contributed by atoms with van der Waals surface area (Å²) in [5.41, 5.74) is 3.11. The first-order valence-electron chi connectivity index (χ1n) is 9.21. The first-order chi connectivity index (χ1) is 14.2. The van der Waals surface area contributed by atoms with E-state index in [1.165, 1.54) is 0 Å². The molecule has 0 spiro atoms. The summed E-state index contributed by atoms with van der Waals surface area (Å²) in [5, 5.41) is 7.02. The molecule has 2 aromatic heterocycles. The number of nitrogens with zero attached hydrogens (tertiary/aromatic N) is 2. The SMILES string of the molecule is COc1ccc(Nc2cc(C(=O)NCc3cccnc3)c3ccccc3n2)cc1. The van der Waals surface area contributed by atoms with E-state index in [2.05, 4.69) is 20.6 Å². The van der Waals surface area contributed by atoms with E-state index in [0.717, 1.165) is 27.9 Å². The van der Waals surface area contributed by atoms with Crippen LogP contribution in [0, 0.1) is 0 Å². The van der Waals surface area contributed by atoms with Crippen LogP contribution in [0.5, 0.6) is 5.75 Å². The lowest BCUT2D eigenvalue weighted by molar-refractivity contribution is 0.0952. The lowest BCUT2D eigenvalue weighted by atomic mass is 10.1. The van der Waals surface area contributed by atoms with Crippen molar-refractivity contribution in [2.45, 2.75) is 6.54 Å². The Morgan fingerprint density at radius 3 is 2.62 bits per heavy atom. The number of benzene rings is 2. The van der Waals surface area contributed by atoms with Crippen molar-refractivity contribution >= 4 is 28.3 Å². The minimum absolute atomic E-state index is 0.162. The van der Waals surface area contributed by atoms with Gasteiger partial charge in [-0.25, -0.2) is 4.98 Å². The number of pyridine rings is 2. The van der Waals surface area contributed by atoms with E-state index in [0.29, 0.717) is 17.9 Å². The van der Waals surface area contributed by atoms with Crippen LogP contribution in [0.1, 0.15) is 15.9 Å². The molecule has 0 atom stereocenters. The zero-order valence-electron chi connectivity index (χ0n) is 15.9. The standard InChI is InChI=1S/C23H20N4O2/c1-29-18-10-8-17(9-11-18)26-22-13-20(19-6-2-3-7-21(19)27-22)23(28)25-15-16-5-4-12-24-14-16/h2-14H,15H2,1H3,(H,25,28)(H,26,27). The molecule has 2 heterocycles. The third-order valence-corrected chi connectivity index (χ3v) is 4.50. The molecule has 4 rings (SSSR count). The lowest BCUT2D eigenvalue weighted by Gasteiger charge is -2.12. The number of carbonyl (C=O) groups excluding carboxylic acids is 1. The zero-order chi connectivity index (χ0) is 20.1. The molecule has 0 radical (unpaired) electrons. The average molecular weight is 384 g/mol. The van der Waals surface area contributed by atoms with Gasteiger partial charge in [-0.15, -0.1) is 0 Å². The maximum absolute atomic E-state index is 12.9. The molecule has 0 saturated heterocycles. The molecule has 1 amide bonds.